The first-order valence-electron chi connectivity index (χ1n) is 7.39. The number of ether oxygens (including phenoxy) is 1. The molecule has 21 heavy (non-hydrogen) atoms. The highest BCUT2D eigenvalue weighted by atomic mass is 16.5. The molecule has 1 saturated heterocycles. The number of amides is 1. The maximum atomic E-state index is 12.0. The second-order valence-electron chi connectivity index (χ2n) is 5.31. The second-order valence-corrected chi connectivity index (χ2v) is 5.31. The molecule has 0 aromatic heterocycles. The van der Waals surface area contributed by atoms with Crippen molar-refractivity contribution in [2.24, 2.45) is 5.92 Å². The number of allylic oxidation sites excluding steroid dienone is 4. The van der Waals surface area contributed by atoms with Crippen molar-refractivity contribution in [3.8, 4) is 6.07 Å². The van der Waals surface area contributed by atoms with Crippen molar-refractivity contribution in [1.82, 2.24) is 0 Å². The van der Waals surface area contributed by atoms with Crippen LogP contribution in [0.25, 0.3) is 10.4 Å². The standard InChI is InChI=1S/C18H18NO2/c20-18(16-10-11-21-13-16)19-12-15-8-4-5-9-17(15)14-6-2-1-3-7-14/h2,4-9,16H,1,3,10-11,13H2/q+1. The number of hydrogen-bond donors (Lipinski definition) is 0. The molecule has 1 atom stereocenters. The Labute approximate surface area is 124 Å². The Bertz CT molecular complexity index is 655. The summed E-state index contributed by atoms with van der Waals surface area (Å²) in [6.07, 6.45) is 9.41. The van der Waals surface area contributed by atoms with Crippen LogP contribution in [0.2, 0.25) is 0 Å². The Morgan fingerprint density at radius 1 is 1.29 bits per heavy atom. The van der Waals surface area contributed by atoms with Crippen LogP contribution in [0.4, 0.5) is 0 Å². The molecule has 0 N–H and O–H groups in total. The van der Waals surface area contributed by atoms with Gasteiger partial charge in [0.15, 0.2) is 0 Å². The monoisotopic (exact) mass is 280 g/mol. The summed E-state index contributed by atoms with van der Waals surface area (Å²) >= 11 is 0. The first-order chi connectivity index (χ1) is 10.3. The molecule has 0 radical (unpaired) electrons. The van der Waals surface area contributed by atoms with Gasteiger partial charge in [-0.3, -0.25) is 0 Å². The van der Waals surface area contributed by atoms with E-state index in [2.05, 4.69) is 29.1 Å². The van der Waals surface area contributed by atoms with Crippen molar-refractivity contribution in [3.63, 3.8) is 0 Å². The van der Waals surface area contributed by atoms with Crippen molar-refractivity contribution in [1.29, 1.82) is 0 Å². The topological polar surface area (TPSA) is 30.7 Å². The van der Waals surface area contributed by atoms with Gasteiger partial charge in [-0.15, -0.1) is 0 Å². The van der Waals surface area contributed by atoms with Crippen LogP contribution in [-0.4, -0.2) is 19.1 Å². The van der Waals surface area contributed by atoms with Crippen molar-refractivity contribution < 1.29 is 9.53 Å². The van der Waals surface area contributed by atoms with Gasteiger partial charge in [0.05, 0.1) is 6.61 Å². The molecule has 106 valence electrons. The van der Waals surface area contributed by atoms with Gasteiger partial charge in [0.25, 0.3) is 0 Å². The average Bonchev–Trinajstić information content (AvgIpc) is 3.08. The molecule has 1 fully saturated rings. The summed E-state index contributed by atoms with van der Waals surface area (Å²) in [5.41, 5.74) is 3.12. The van der Waals surface area contributed by atoms with Crippen LogP contribution in [0.3, 0.4) is 0 Å². The van der Waals surface area contributed by atoms with Gasteiger partial charge in [-0.1, -0.05) is 36.4 Å². The van der Waals surface area contributed by atoms with Gasteiger partial charge in [-0.25, -0.2) is 4.79 Å². The smallest absolute Gasteiger partial charge is 0.380 e. The molecule has 1 aliphatic carbocycles. The molecule has 3 nitrogen and oxygen atoms in total. The third kappa shape index (κ3) is 3.29. The average molecular weight is 280 g/mol. The lowest BCUT2D eigenvalue weighted by molar-refractivity contribution is -0.118. The first-order valence-corrected chi connectivity index (χ1v) is 7.39. The fraction of sp³-hybridized carbons (Fsp3) is 0.333. The third-order valence-corrected chi connectivity index (χ3v) is 3.80. The Morgan fingerprint density at radius 2 is 2.19 bits per heavy atom. The van der Waals surface area contributed by atoms with E-state index in [1.807, 2.05) is 24.3 Å². The predicted octanol–water partition coefficient (Wildman–Crippen LogP) is 3.66. The van der Waals surface area contributed by atoms with E-state index in [9.17, 15) is 4.79 Å². The van der Waals surface area contributed by atoms with Gasteiger partial charge in [0, 0.05) is 17.0 Å². The molecular formula is C18H18NO2+. The quantitative estimate of drug-likeness (QED) is 0.827. The van der Waals surface area contributed by atoms with Crippen LogP contribution in [-0.2, 0) is 9.53 Å². The van der Waals surface area contributed by atoms with Gasteiger partial charge in [0.2, 0.25) is 0 Å². The number of carbonyl (C=O) groups excluding carboxylic acids is 1. The van der Waals surface area contributed by atoms with Gasteiger partial charge in [0.1, 0.15) is 11.5 Å². The largest absolute Gasteiger partial charge is 0.520 e. The number of benzene rings is 1. The minimum atomic E-state index is -0.129. The zero-order chi connectivity index (χ0) is 14.5. The number of carbonyl (C=O) groups is 1. The molecule has 1 heterocycles. The zero-order valence-electron chi connectivity index (χ0n) is 11.9. The van der Waals surface area contributed by atoms with E-state index < -0.39 is 0 Å². The van der Waals surface area contributed by atoms with Crippen LogP contribution < -0.4 is 0 Å². The second kappa shape index (κ2) is 6.51. The zero-order valence-corrected chi connectivity index (χ0v) is 11.9. The summed E-state index contributed by atoms with van der Waals surface area (Å²) in [6, 6.07) is 10.9. The summed E-state index contributed by atoms with van der Waals surface area (Å²) in [7, 11) is 0. The summed E-state index contributed by atoms with van der Waals surface area (Å²) < 4.78 is 5.22. The van der Waals surface area contributed by atoms with Crippen molar-refractivity contribution in [2.45, 2.75) is 19.3 Å². The minimum absolute atomic E-state index is 0.0987. The Hall–Kier alpha value is -2.18. The third-order valence-electron chi connectivity index (χ3n) is 3.80. The normalized spacial score (nSPS) is 20.6. The lowest BCUT2D eigenvalue weighted by Crippen LogP contribution is -2.09. The number of hydrogen-bond acceptors (Lipinski definition) is 2. The number of rotatable bonds is 2. The van der Waals surface area contributed by atoms with Crippen molar-refractivity contribution in [3.05, 3.63) is 58.5 Å². The lowest BCUT2D eigenvalue weighted by atomic mass is 9.96. The Balaban J connectivity index is 1.84. The van der Waals surface area contributed by atoms with Gasteiger partial charge in [-0.05, 0) is 30.9 Å². The summed E-state index contributed by atoms with van der Waals surface area (Å²) in [5.74, 6) is -0.228. The van der Waals surface area contributed by atoms with Crippen LogP contribution in [0.1, 0.15) is 30.4 Å². The van der Waals surface area contributed by atoms with Crippen LogP contribution in [0.15, 0.2) is 42.5 Å². The first kappa shape index (κ1) is 13.8. The van der Waals surface area contributed by atoms with E-state index >= 15 is 0 Å². The van der Waals surface area contributed by atoms with Crippen molar-refractivity contribution in [2.75, 3.05) is 13.2 Å². The van der Waals surface area contributed by atoms with Crippen molar-refractivity contribution >= 4 is 11.5 Å². The highest BCUT2D eigenvalue weighted by molar-refractivity contribution is 5.90. The van der Waals surface area contributed by atoms with Gasteiger partial charge in [-0.2, -0.15) is 0 Å². The van der Waals surface area contributed by atoms with Crippen LogP contribution in [0.5, 0.6) is 0 Å². The fourth-order valence-corrected chi connectivity index (χ4v) is 2.58. The summed E-state index contributed by atoms with van der Waals surface area (Å²) in [6.45, 7) is 1.14. The molecule has 0 spiro atoms. The predicted molar refractivity (Wildman–Crippen MR) is 83.1 cm³/mol. The van der Waals surface area contributed by atoms with E-state index in [-0.39, 0.29) is 11.8 Å². The van der Waals surface area contributed by atoms with E-state index in [1.165, 1.54) is 5.57 Å². The van der Waals surface area contributed by atoms with Crippen LogP contribution in [0, 0.1) is 12.0 Å². The highest BCUT2D eigenvalue weighted by Crippen LogP contribution is 2.24. The SMILES string of the molecule is O=C([N+]#Cc1ccccc1C1=CCCC=C1)C1CCOC1. The Morgan fingerprint density at radius 3 is 2.95 bits per heavy atom. The molecule has 1 aromatic rings. The minimum Gasteiger partial charge on any atom is -0.380 e. The molecule has 1 aliphatic heterocycles. The van der Waals surface area contributed by atoms with E-state index in [0.717, 1.165) is 30.4 Å². The molecule has 3 heteroatoms. The lowest BCUT2D eigenvalue weighted by Gasteiger charge is -2.07. The molecule has 0 bridgehead atoms. The molecular weight excluding hydrogens is 262 g/mol. The Kier molecular flexibility index (Phi) is 4.28. The van der Waals surface area contributed by atoms with E-state index in [0.29, 0.717) is 13.2 Å². The number of nitrogens with zero attached hydrogens (tertiary/aromatic N) is 1. The van der Waals surface area contributed by atoms with Gasteiger partial charge < -0.3 is 4.74 Å². The molecule has 2 aliphatic rings. The van der Waals surface area contributed by atoms with Gasteiger partial charge >= 0.3 is 12.0 Å². The summed E-state index contributed by atoms with van der Waals surface area (Å²) in [5, 5.41) is 0. The maximum absolute atomic E-state index is 12.0. The fourth-order valence-electron chi connectivity index (χ4n) is 2.58. The summed E-state index contributed by atoms with van der Waals surface area (Å²) in [4.78, 5) is 16.0. The van der Waals surface area contributed by atoms with E-state index in [1.54, 1.807) is 0 Å². The maximum Gasteiger partial charge on any atom is 0.520 e. The molecule has 3 rings (SSSR count). The molecule has 0 saturated carbocycles. The molecule has 1 amide bonds. The van der Waals surface area contributed by atoms with E-state index in [4.69, 9.17) is 4.74 Å². The highest BCUT2D eigenvalue weighted by Gasteiger charge is 2.31. The van der Waals surface area contributed by atoms with Crippen LogP contribution >= 0.6 is 0 Å². The molecule has 1 unspecified atom stereocenters. The molecule has 1 aromatic carbocycles.